The van der Waals surface area contributed by atoms with E-state index in [0.717, 1.165) is 6.42 Å². The van der Waals surface area contributed by atoms with Gasteiger partial charge in [-0.2, -0.15) is 0 Å². The summed E-state index contributed by atoms with van der Waals surface area (Å²) in [6.45, 7) is 2.24. The summed E-state index contributed by atoms with van der Waals surface area (Å²) >= 11 is 0. The summed E-state index contributed by atoms with van der Waals surface area (Å²) in [7, 11) is -4.56. The second-order valence-electron chi connectivity index (χ2n) is 7.23. The van der Waals surface area contributed by atoms with E-state index in [2.05, 4.69) is 6.92 Å². The molecule has 2 rings (SSSR count). The summed E-state index contributed by atoms with van der Waals surface area (Å²) in [6, 6.07) is 13.5. The van der Waals surface area contributed by atoms with Gasteiger partial charge in [0.25, 0.3) is 0 Å². The predicted octanol–water partition coefficient (Wildman–Crippen LogP) is 3.46. The van der Waals surface area contributed by atoms with E-state index >= 15 is 0 Å². The number of ether oxygens (including phenoxy) is 1. The van der Waals surface area contributed by atoms with Crippen molar-refractivity contribution in [2.45, 2.75) is 76.0 Å². The molecule has 0 spiro atoms. The Kier molecular flexibility index (Phi) is 13.6. The molecule has 0 unspecified atom stereocenters. The van der Waals surface area contributed by atoms with Crippen LogP contribution in [0.15, 0.2) is 53.4 Å². The van der Waals surface area contributed by atoms with Crippen LogP contribution in [0.2, 0.25) is 0 Å². The van der Waals surface area contributed by atoms with Gasteiger partial charge in [0.2, 0.25) is 0 Å². The summed E-state index contributed by atoms with van der Waals surface area (Å²) in [5, 5.41) is 0. The zero-order chi connectivity index (χ0) is 20.2. The van der Waals surface area contributed by atoms with Crippen LogP contribution in [0.1, 0.15) is 70.3 Å². The minimum Gasteiger partial charge on any atom is -0.744 e. The van der Waals surface area contributed by atoms with E-state index in [1.54, 1.807) is 6.07 Å². The maximum absolute atomic E-state index is 11.3. The molecule has 0 aromatic heterocycles. The molecule has 0 aliphatic heterocycles. The Labute approximate surface area is 218 Å². The Hall–Kier alpha value is -0.214. The molecular formula is C23H31KO4S. The molecule has 0 saturated heterocycles. The van der Waals surface area contributed by atoms with Crippen molar-refractivity contribution in [1.29, 1.82) is 0 Å². The number of hydrogen-bond donors (Lipinski definition) is 0. The van der Waals surface area contributed by atoms with Crippen molar-refractivity contribution in [2.24, 2.45) is 0 Å². The van der Waals surface area contributed by atoms with Gasteiger partial charge >= 0.3 is 51.4 Å². The van der Waals surface area contributed by atoms with Crippen molar-refractivity contribution in [3.8, 4) is 11.5 Å². The Balaban J connectivity index is 0.00000420. The van der Waals surface area contributed by atoms with Gasteiger partial charge in [-0.3, -0.25) is 0 Å². The normalized spacial score (nSPS) is 11.1. The molecular weight excluding hydrogens is 411 g/mol. The van der Waals surface area contributed by atoms with Crippen LogP contribution >= 0.6 is 0 Å². The van der Waals surface area contributed by atoms with Crippen LogP contribution in [0.5, 0.6) is 11.5 Å². The van der Waals surface area contributed by atoms with Crippen molar-refractivity contribution in [3.05, 3.63) is 54.1 Å². The Bertz CT molecular complexity index is 804. The first-order valence-corrected chi connectivity index (χ1v) is 11.7. The Morgan fingerprint density at radius 3 is 1.93 bits per heavy atom. The Morgan fingerprint density at radius 1 is 0.793 bits per heavy atom. The van der Waals surface area contributed by atoms with Crippen LogP contribution in [-0.4, -0.2) is 13.0 Å². The average Bonchev–Trinajstić information content (AvgIpc) is 2.67. The molecule has 0 aliphatic rings. The van der Waals surface area contributed by atoms with Crippen molar-refractivity contribution in [3.63, 3.8) is 0 Å². The average molecular weight is 443 g/mol. The second kappa shape index (κ2) is 14.7. The molecule has 2 aromatic carbocycles. The van der Waals surface area contributed by atoms with Crippen LogP contribution in [0.4, 0.5) is 0 Å². The van der Waals surface area contributed by atoms with Crippen LogP contribution in [0, 0.1) is 0 Å². The monoisotopic (exact) mass is 442 g/mol. The van der Waals surface area contributed by atoms with Crippen molar-refractivity contribution in [1.82, 2.24) is 0 Å². The molecule has 0 aliphatic carbocycles. The van der Waals surface area contributed by atoms with Gasteiger partial charge in [-0.1, -0.05) is 82.6 Å². The van der Waals surface area contributed by atoms with E-state index in [9.17, 15) is 13.0 Å². The topological polar surface area (TPSA) is 66.4 Å². The van der Waals surface area contributed by atoms with Gasteiger partial charge in [0.15, 0.2) is 0 Å². The molecule has 0 N–H and O–H groups in total. The summed E-state index contributed by atoms with van der Waals surface area (Å²) in [6.07, 6.45) is 12.8. The molecule has 0 atom stereocenters. The van der Waals surface area contributed by atoms with Crippen LogP contribution in [0.3, 0.4) is 0 Å². The van der Waals surface area contributed by atoms with E-state index in [1.807, 2.05) is 24.3 Å². The van der Waals surface area contributed by atoms with E-state index < -0.39 is 10.1 Å². The molecule has 6 heteroatoms. The van der Waals surface area contributed by atoms with Crippen molar-refractivity contribution in [2.75, 3.05) is 0 Å². The van der Waals surface area contributed by atoms with Gasteiger partial charge in [0.05, 0.1) is 4.90 Å². The van der Waals surface area contributed by atoms with Crippen molar-refractivity contribution >= 4 is 10.1 Å². The van der Waals surface area contributed by atoms with E-state index in [0.29, 0.717) is 5.75 Å². The zero-order valence-corrected chi connectivity index (χ0v) is 21.7. The van der Waals surface area contributed by atoms with Gasteiger partial charge < -0.3 is 9.29 Å². The van der Waals surface area contributed by atoms with Crippen LogP contribution < -0.4 is 56.1 Å². The van der Waals surface area contributed by atoms with Gasteiger partial charge in [0, 0.05) is 0 Å². The SMILES string of the molecule is CCCCCCCCCCCc1ccc(Oc2ccccc2S(=O)(=O)[O-])cc1.[K+]. The molecule has 29 heavy (non-hydrogen) atoms. The maximum atomic E-state index is 11.3. The number of para-hydroxylation sites is 1. The van der Waals surface area contributed by atoms with E-state index in [-0.39, 0.29) is 62.0 Å². The molecule has 0 saturated carbocycles. The summed E-state index contributed by atoms with van der Waals surface area (Å²) in [5.74, 6) is 0.580. The first kappa shape index (κ1) is 26.8. The predicted molar refractivity (Wildman–Crippen MR) is 112 cm³/mol. The molecule has 0 heterocycles. The first-order valence-electron chi connectivity index (χ1n) is 10.3. The van der Waals surface area contributed by atoms with Gasteiger partial charge in [-0.25, -0.2) is 8.42 Å². The van der Waals surface area contributed by atoms with Gasteiger partial charge in [-0.05, 0) is 42.7 Å². The molecule has 0 fully saturated rings. The third kappa shape index (κ3) is 10.6. The Morgan fingerprint density at radius 2 is 1.34 bits per heavy atom. The number of benzene rings is 2. The third-order valence-electron chi connectivity index (χ3n) is 4.84. The van der Waals surface area contributed by atoms with Gasteiger partial charge in [0.1, 0.15) is 21.6 Å². The summed E-state index contributed by atoms with van der Waals surface area (Å²) in [4.78, 5) is -0.339. The van der Waals surface area contributed by atoms with Crippen molar-refractivity contribution < 1.29 is 69.1 Å². The smallest absolute Gasteiger partial charge is 0.744 e. The molecule has 4 nitrogen and oxygen atoms in total. The number of rotatable bonds is 13. The summed E-state index contributed by atoms with van der Waals surface area (Å²) < 4.78 is 39.6. The maximum Gasteiger partial charge on any atom is 1.00 e. The number of hydrogen-bond acceptors (Lipinski definition) is 4. The van der Waals surface area contributed by atoms with Crippen LogP contribution in [0.25, 0.3) is 0 Å². The van der Waals surface area contributed by atoms with E-state index in [1.165, 1.54) is 81.5 Å². The minimum absolute atomic E-state index is 0. The second-order valence-corrected chi connectivity index (χ2v) is 8.57. The quantitative estimate of drug-likeness (QED) is 0.271. The third-order valence-corrected chi connectivity index (χ3v) is 5.71. The molecule has 2 aromatic rings. The molecule has 0 amide bonds. The first-order chi connectivity index (χ1) is 13.5. The van der Waals surface area contributed by atoms with E-state index in [4.69, 9.17) is 4.74 Å². The molecule has 0 radical (unpaired) electrons. The number of unbranched alkanes of at least 4 members (excludes halogenated alkanes) is 8. The van der Waals surface area contributed by atoms with Gasteiger partial charge in [-0.15, -0.1) is 0 Å². The minimum atomic E-state index is -4.56. The molecule has 154 valence electrons. The fourth-order valence-electron chi connectivity index (χ4n) is 3.23. The van der Waals surface area contributed by atoms with Crippen LogP contribution in [-0.2, 0) is 16.5 Å². The zero-order valence-electron chi connectivity index (χ0n) is 17.7. The standard InChI is InChI=1S/C23H32O4S.K/c1-2-3-4-5-6-7-8-9-10-13-20-16-18-21(19-17-20)27-22-14-11-12-15-23(22)28(24,25)26;/h11-12,14-19H,2-10,13H2,1H3,(H,24,25,26);/q;+1/p-1. The largest absolute Gasteiger partial charge is 1.00 e. The number of aryl methyl sites for hydroxylation is 1. The molecule has 0 bridgehead atoms. The summed E-state index contributed by atoms with van der Waals surface area (Å²) in [5.41, 5.74) is 1.24. The fourth-order valence-corrected chi connectivity index (χ4v) is 3.83. The fraction of sp³-hybridized carbons (Fsp3) is 0.478.